The maximum Gasteiger partial charge on any atom is 0.253 e. The molecule has 0 fully saturated rings. The van der Waals surface area contributed by atoms with Gasteiger partial charge in [-0.2, -0.15) is 0 Å². The van der Waals surface area contributed by atoms with E-state index in [1.54, 1.807) is 18.2 Å². The molecule has 0 aliphatic heterocycles. The Morgan fingerprint density at radius 1 is 1.36 bits per heavy atom. The molecule has 0 aliphatic carbocycles. The summed E-state index contributed by atoms with van der Waals surface area (Å²) in [5.41, 5.74) is 0.580. The third-order valence-corrected chi connectivity index (χ3v) is 1.50. The van der Waals surface area contributed by atoms with Crippen molar-refractivity contribution in [2.45, 2.75) is 0 Å². The number of carbonyl (C=O) groups is 2. The molecule has 0 aromatic heterocycles. The van der Waals surface area contributed by atoms with E-state index in [0.29, 0.717) is 11.8 Å². The Hall–Kier alpha value is -1.15. The summed E-state index contributed by atoms with van der Waals surface area (Å²) in [5, 5.41) is -0.604. The van der Waals surface area contributed by atoms with Crippen LogP contribution in [0.15, 0.2) is 24.3 Å². The minimum Gasteiger partial charge on any atom is -0.298 e. The monoisotopic (exact) mass is 168 g/mol. The van der Waals surface area contributed by atoms with Crippen molar-refractivity contribution in [3.8, 4) is 0 Å². The van der Waals surface area contributed by atoms with Gasteiger partial charge in [0.15, 0.2) is 6.29 Å². The van der Waals surface area contributed by atoms with Gasteiger partial charge in [-0.1, -0.05) is 18.2 Å². The molecule has 0 heterocycles. The molecule has 0 aliphatic rings. The number of halogens is 1. The zero-order chi connectivity index (χ0) is 8.27. The summed E-state index contributed by atoms with van der Waals surface area (Å²) < 4.78 is 0. The quantitative estimate of drug-likeness (QED) is 0.499. The highest BCUT2D eigenvalue weighted by Crippen LogP contribution is 2.08. The lowest BCUT2D eigenvalue weighted by atomic mass is 10.1. The summed E-state index contributed by atoms with van der Waals surface area (Å²) in [7, 11) is 0. The third kappa shape index (κ3) is 1.65. The smallest absolute Gasteiger partial charge is 0.253 e. The van der Waals surface area contributed by atoms with Crippen LogP contribution in [0.4, 0.5) is 0 Å². The van der Waals surface area contributed by atoms with E-state index in [1.165, 1.54) is 6.07 Å². The van der Waals surface area contributed by atoms with Crippen LogP contribution >= 0.6 is 11.6 Å². The van der Waals surface area contributed by atoms with Gasteiger partial charge in [-0.3, -0.25) is 9.59 Å². The molecule has 0 saturated carbocycles. The Bertz CT molecular complexity index is 294. The summed E-state index contributed by atoms with van der Waals surface area (Å²) in [5.74, 6) is 0. The fraction of sp³-hybridized carbons (Fsp3) is 0. The highest BCUT2D eigenvalue weighted by Gasteiger charge is 2.05. The van der Waals surface area contributed by atoms with Gasteiger partial charge >= 0.3 is 0 Å². The number of hydrogen-bond donors (Lipinski definition) is 0. The van der Waals surface area contributed by atoms with Crippen molar-refractivity contribution >= 4 is 23.1 Å². The van der Waals surface area contributed by atoms with Crippen molar-refractivity contribution in [3.63, 3.8) is 0 Å². The Labute approximate surface area is 68.8 Å². The Kier molecular flexibility index (Phi) is 2.39. The first-order chi connectivity index (χ1) is 5.25. The normalized spacial score (nSPS) is 9.18. The second kappa shape index (κ2) is 3.30. The molecule has 1 rings (SSSR count). The first-order valence-corrected chi connectivity index (χ1v) is 3.37. The molecule has 0 unspecified atom stereocenters. The Balaban J connectivity index is 3.22. The molecule has 0 radical (unpaired) electrons. The van der Waals surface area contributed by atoms with Crippen LogP contribution in [0.5, 0.6) is 0 Å². The largest absolute Gasteiger partial charge is 0.298 e. The Morgan fingerprint density at radius 2 is 2.00 bits per heavy atom. The first kappa shape index (κ1) is 7.95. The zero-order valence-corrected chi connectivity index (χ0v) is 6.34. The number of carbonyl (C=O) groups excluding carboxylic acids is 2. The van der Waals surface area contributed by atoms with Crippen molar-refractivity contribution in [2.24, 2.45) is 0 Å². The summed E-state index contributed by atoms with van der Waals surface area (Å²) in [6, 6.07) is 6.39. The number of hydrogen-bond acceptors (Lipinski definition) is 2. The van der Waals surface area contributed by atoms with Crippen LogP contribution in [0.3, 0.4) is 0 Å². The molecule has 1 aromatic rings. The van der Waals surface area contributed by atoms with Crippen LogP contribution in [0, 0.1) is 0 Å². The van der Waals surface area contributed by atoms with E-state index in [0.717, 1.165) is 0 Å². The lowest BCUT2D eigenvalue weighted by molar-refractivity contribution is 0.106. The van der Waals surface area contributed by atoms with Crippen molar-refractivity contribution in [1.82, 2.24) is 0 Å². The molecule has 11 heavy (non-hydrogen) atoms. The lowest BCUT2D eigenvalue weighted by Crippen LogP contribution is -1.94. The maximum absolute atomic E-state index is 10.6. The second-order valence-electron chi connectivity index (χ2n) is 1.98. The van der Waals surface area contributed by atoms with E-state index in [4.69, 9.17) is 11.6 Å². The van der Waals surface area contributed by atoms with E-state index in [9.17, 15) is 9.59 Å². The molecule has 56 valence electrons. The average Bonchev–Trinajstić information content (AvgIpc) is 2.04. The summed E-state index contributed by atoms with van der Waals surface area (Å²) in [6.45, 7) is 0. The predicted molar refractivity (Wildman–Crippen MR) is 42.0 cm³/mol. The molecule has 2 nitrogen and oxygen atoms in total. The zero-order valence-electron chi connectivity index (χ0n) is 5.58. The van der Waals surface area contributed by atoms with Crippen molar-refractivity contribution in [2.75, 3.05) is 0 Å². The van der Waals surface area contributed by atoms with E-state index in [1.807, 2.05) is 0 Å². The van der Waals surface area contributed by atoms with Gasteiger partial charge in [-0.05, 0) is 17.7 Å². The first-order valence-electron chi connectivity index (χ1n) is 2.99. The minimum absolute atomic E-state index is 0.254. The topological polar surface area (TPSA) is 34.1 Å². The van der Waals surface area contributed by atoms with E-state index in [2.05, 4.69) is 0 Å². The highest BCUT2D eigenvalue weighted by atomic mass is 35.5. The number of aldehydes is 1. The van der Waals surface area contributed by atoms with E-state index < -0.39 is 5.24 Å². The fourth-order valence-corrected chi connectivity index (χ4v) is 0.951. The standard InChI is InChI=1S/C8H5ClO2/c9-8(11)7-4-2-1-3-6(7)5-10/h1-5H. The van der Waals surface area contributed by atoms with Crippen LogP contribution < -0.4 is 0 Å². The molecule has 0 amide bonds. The lowest BCUT2D eigenvalue weighted by Gasteiger charge is -1.95. The summed E-state index contributed by atoms with van der Waals surface area (Å²) in [4.78, 5) is 21.0. The maximum atomic E-state index is 10.6. The van der Waals surface area contributed by atoms with Crippen LogP contribution in [-0.4, -0.2) is 11.5 Å². The van der Waals surface area contributed by atoms with Gasteiger partial charge in [-0.25, -0.2) is 0 Å². The van der Waals surface area contributed by atoms with Crippen LogP contribution in [0.1, 0.15) is 20.7 Å². The van der Waals surface area contributed by atoms with Gasteiger partial charge in [0.2, 0.25) is 0 Å². The molecule has 0 N–H and O–H groups in total. The molecule has 3 heteroatoms. The average molecular weight is 169 g/mol. The SMILES string of the molecule is O=Cc1ccccc1C(=O)Cl. The predicted octanol–water partition coefficient (Wildman–Crippen LogP) is 1.88. The summed E-state index contributed by atoms with van der Waals surface area (Å²) in [6.07, 6.45) is 0.607. The van der Waals surface area contributed by atoms with Gasteiger partial charge in [0.25, 0.3) is 5.24 Å². The molecular weight excluding hydrogens is 164 g/mol. The van der Waals surface area contributed by atoms with Gasteiger partial charge in [0, 0.05) is 11.1 Å². The van der Waals surface area contributed by atoms with Crippen molar-refractivity contribution in [1.29, 1.82) is 0 Å². The third-order valence-electron chi connectivity index (χ3n) is 1.30. The molecule has 0 spiro atoms. The van der Waals surface area contributed by atoms with Gasteiger partial charge in [0.05, 0.1) is 0 Å². The van der Waals surface area contributed by atoms with Crippen molar-refractivity contribution < 1.29 is 9.59 Å². The van der Waals surface area contributed by atoms with Crippen LogP contribution in [0.2, 0.25) is 0 Å². The summed E-state index contributed by atoms with van der Waals surface area (Å²) >= 11 is 5.19. The fourth-order valence-electron chi connectivity index (χ4n) is 0.779. The number of rotatable bonds is 2. The van der Waals surface area contributed by atoms with Gasteiger partial charge in [-0.15, -0.1) is 0 Å². The minimum atomic E-state index is -0.604. The molecular formula is C8H5ClO2. The Morgan fingerprint density at radius 3 is 2.45 bits per heavy atom. The van der Waals surface area contributed by atoms with Crippen molar-refractivity contribution in [3.05, 3.63) is 35.4 Å². The number of benzene rings is 1. The van der Waals surface area contributed by atoms with Gasteiger partial charge in [0.1, 0.15) is 0 Å². The second-order valence-corrected chi connectivity index (χ2v) is 2.32. The van der Waals surface area contributed by atoms with E-state index in [-0.39, 0.29) is 5.56 Å². The molecule has 0 atom stereocenters. The highest BCUT2D eigenvalue weighted by molar-refractivity contribution is 6.68. The molecule has 0 saturated heterocycles. The van der Waals surface area contributed by atoms with Crippen LogP contribution in [-0.2, 0) is 0 Å². The van der Waals surface area contributed by atoms with Crippen LogP contribution in [0.25, 0.3) is 0 Å². The van der Waals surface area contributed by atoms with Gasteiger partial charge < -0.3 is 0 Å². The molecule has 1 aromatic carbocycles. The van der Waals surface area contributed by atoms with E-state index >= 15 is 0 Å². The molecule has 0 bridgehead atoms.